The second-order valence-electron chi connectivity index (χ2n) is 5.79. The molecule has 3 N–H and O–H groups in total. The molecule has 1 amide bonds. The molecule has 0 aliphatic heterocycles. The summed E-state index contributed by atoms with van der Waals surface area (Å²) in [5.74, 6) is 0.172. The average molecular weight is 441 g/mol. The Morgan fingerprint density at radius 2 is 1.85 bits per heavy atom. The van der Waals surface area contributed by atoms with E-state index in [2.05, 4.69) is 21.2 Å². The van der Waals surface area contributed by atoms with Gasteiger partial charge in [0, 0.05) is 10.9 Å². The predicted molar refractivity (Wildman–Crippen MR) is 105 cm³/mol. The molecule has 0 aliphatic rings. The molecular weight excluding hydrogens is 420 g/mol. The molecule has 0 atom stereocenters. The number of halogens is 1. The second-order valence-corrected chi connectivity index (χ2v) is 8.27. The molecule has 0 radical (unpaired) electrons. The van der Waals surface area contributed by atoms with E-state index in [0.717, 1.165) is 23.7 Å². The average Bonchev–Trinajstić information content (AvgIpc) is 2.59. The molecule has 140 valence electrons. The van der Waals surface area contributed by atoms with Gasteiger partial charge in [0.25, 0.3) is 0 Å². The van der Waals surface area contributed by atoms with Crippen LogP contribution in [0.1, 0.15) is 24.8 Å². The molecule has 2 aromatic carbocycles. The third-order valence-corrected chi connectivity index (χ3v) is 5.25. The van der Waals surface area contributed by atoms with Gasteiger partial charge >= 0.3 is 0 Å². The molecule has 0 spiro atoms. The minimum absolute atomic E-state index is 0.0798. The number of anilines is 1. The van der Waals surface area contributed by atoms with Gasteiger partial charge in [-0.2, -0.15) is 0 Å². The van der Waals surface area contributed by atoms with Crippen molar-refractivity contribution in [3.05, 3.63) is 52.5 Å². The van der Waals surface area contributed by atoms with Gasteiger partial charge in [0.1, 0.15) is 5.75 Å². The van der Waals surface area contributed by atoms with E-state index in [0.29, 0.717) is 12.2 Å². The lowest BCUT2D eigenvalue weighted by Gasteiger charge is -2.11. The Kier molecular flexibility index (Phi) is 7.19. The molecule has 2 aromatic rings. The highest BCUT2D eigenvalue weighted by molar-refractivity contribution is 9.10. The highest BCUT2D eigenvalue weighted by Crippen LogP contribution is 2.27. The maximum Gasteiger partial charge on any atom is 0.238 e. The van der Waals surface area contributed by atoms with E-state index >= 15 is 0 Å². The maximum atomic E-state index is 12.1. The zero-order valence-corrected chi connectivity index (χ0v) is 16.8. The summed E-state index contributed by atoms with van der Waals surface area (Å²) in [6.45, 7) is 0. The molecule has 0 heterocycles. The molecule has 0 saturated heterocycles. The number of benzene rings is 2. The minimum atomic E-state index is -3.85. The number of carbonyl (C=O) groups is 1. The first-order chi connectivity index (χ1) is 12.3. The van der Waals surface area contributed by atoms with Crippen molar-refractivity contribution in [1.82, 2.24) is 0 Å². The Morgan fingerprint density at radius 1 is 1.15 bits per heavy atom. The summed E-state index contributed by atoms with van der Waals surface area (Å²) in [6.07, 6.45) is 2.83. The van der Waals surface area contributed by atoms with Crippen LogP contribution in [0.15, 0.2) is 51.8 Å². The molecule has 2 rings (SSSR count). The van der Waals surface area contributed by atoms with Gasteiger partial charge in [0.15, 0.2) is 0 Å². The number of carbonyl (C=O) groups excluding carboxylic acids is 1. The summed E-state index contributed by atoms with van der Waals surface area (Å²) in [4.78, 5) is 12.1. The summed E-state index contributed by atoms with van der Waals surface area (Å²) in [5, 5.41) is 7.82. The lowest BCUT2D eigenvalue weighted by molar-refractivity contribution is -0.116. The zero-order chi connectivity index (χ0) is 19.2. The topological polar surface area (TPSA) is 98.5 Å². The Labute approximate surface area is 161 Å². The summed E-state index contributed by atoms with van der Waals surface area (Å²) in [7, 11) is -2.41. The molecule has 0 aromatic heterocycles. The number of aryl methyl sites for hydroxylation is 1. The summed E-state index contributed by atoms with van der Waals surface area (Å²) >= 11 is 3.40. The Balaban J connectivity index is 1.89. The summed E-state index contributed by atoms with van der Waals surface area (Å²) in [6, 6.07) is 12.2. The number of rotatable bonds is 8. The zero-order valence-electron chi connectivity index (χ0n) is 14.4. The van der Waals surface area contributed by atoms with Crippen LogP contribution in [0.3, 0.4) is 0 Å². The van der Waals surface area contributed by atoms with E-state index in [1.807, 2.05) is 24.3 Å². The van der Waals surface area contributed by atoms with E-state index in [9.17, 15) is 13.2 Å². The van der Waals surface area contributed by atoms with Crippen LogP contribution in [0, 0.1) is 0 Å². The van der Waals surface area contributed by atoms with Crippen molar-refractivity contribution in [1.29, 1.82) is 0 Å². The molecule has 0 bridgehead atoms. The third-order valence-electron chi connectivity index (χ3n) is 3.81. The number of hydrogen-bond donors (Lipinski definition) is 2. The number of primary sulfonamides is 1. The van der Waals surface area contributed by atoms with Crippen LogP contribution in [-0.2, 0) is 21.2 Å². The molecule has 0 unspecified atom stereocenters. The van der Waals surface area contributed by atoms with Crippen molar-refractivity contribution < 1.29 is 17.9 Å². The highest BCUT2D eigenvalue weighted by Gasteiger charge is 2.14. The largest absolute Gasteiger partial charge is 0.495 e. The van der Waals surface area contributed by atoms with Gasteiger partial charge in [-0.05, 0) is 55.2 Å². The van der Waals surface area contributed by atoms with E-state index in [1.54, 1.807) is 0 Å². The van der Waals surface area contributed by atoms with E-state index in [-0.39, 0.29) is 16.5 Å². The third kappa shape index (κ3) is 6.12. The number of nitrogens with two attached hydrogens (primary N) is 1. The second kappa shape index (κ2) is 9.16. The van der Waals surface area contributed by atoms with Crippen LogP contribution in [0.2, 0.25) is 0 Å². The number of ether oxygens (including phenoxy) is 1. The van der Waals surface area contributed by atoms with Crippen molar-refractivity contribution >= 4 is 37.5 Å². The summed E-state index contributed by atoms with van der Waals surface area (Å²) in [5.41, 5.74) is 1.51. The maximum absolute atomic E-state index is 12.1. The monoisotopic (exact) mass is 440 g/mol. The lowest BCUT2D eigenvalue weighted by Crippen LogP contribution is -2.15. The van der Waals surface area contributed by atoms with Gasteiger partial charge in [-0.25, -0.2) is 13.6 Å². The van der Waals surface area contributed by atoms with E-state index < -0.39 is 10.0 Å². The van der Waals surface area contributed by atoms with Crippen molar-refractivity contribution in [3.8, 4) is 5.75 Å². The smallest absolute Gasteiger partial charge is 0.238 e. The van der Waals surface area contributed by atoms with Crippen LogP contribution in [-0.4, -0.2) is 21.4 Å². The fourth-order valence-corrected chi connectivity index (χ4v) is 3.24. The fourth-order valence-electron chi connectivity index (χ4n) is 2.44. The van der Waals surface area contributed by atoms with Crippen LogP contribution in [0.4, 0.5) is 5.69 Å². The molecule has 8 heteroatoms. The predicted octanol–water partition coefficient (Wildman–Crippen LogP) is 3.46. The number of nitrogens with one attached hydrogen (secondary N) is 1. The van der Waals surface area contributed by atoms with Crippen LogP contribution >= 0.6 is 15.9 Å². The van der Waals surface area contributed by atoms with Gasteiger partial charge in [-0.1, -0.05) is 28.1 Å². The number of amides is 1. The Morgan fingerprint density at radius 3 is 2.46 bits per heavy atom. The fraction of sp³-hybridized carbons (Fsp3) is 0.278. The molecular formula is C18H21BrN2O4S. The van der Waals surface area contributed by atoms with Crippen LogP contribution in [0.25, 0.3) is 0 Å². The standard InChI is InChI=1S/C18H21BrN2O4S/c1-25-17-11-10-15(26(20,23)24)12-16(17)21-18(22)5-3-2-4-13-6-8-14(19)9-7-13/h6-12H,2-5H2,1H3,(H,21,22)(H2,20,23,24). The first-order valence-electron chi connectivity index (χ1n) is 8.05. The molecule has 0 aliphatic carbocycles. The lowest BCUT2D eigenvalue weighted by atomic mass is 10.1. The first kappa shape index (κ1) is 20.4. The Bertz CT molecular complexity index is 867. The van der Waals surface area contributed by atoms with E-state index in [4.69, 9.17) is 9.88 Å². The van der Waals surface area contributed by atoms with Crippen LogP contribution < -0.4 is 15.2 Å². The molecule has 0 saturated carbocycles. The highest BCUT2D eigenvalue weighted by atomic mass is 79.9. The van der Waals surface area contributed by atoms with Gasteiger partial charge in [-0.3, -0.25) is 4.79 Å². The number of methoxy groups -OCH3 is 1. The van der Waals surface area contributed by atoms with E-state index in [1.165, 1.54) is 30.9 Å². The van der Waals surface area contributed by atoms with Gasteiger partial charge in [0.05, 0.1) is 17.7 Å². The Hall–Kier alpha value is -1.90. The quantitative estimate of drug-likeness (QED) is 0.613. The number of hydrogen-bond acceptors (Lipinski definition) is 4. The molecule has 6 nitrogen and oxygen atoms in total. The minimum Gasteiger partial charge on any atom is -0.495 e. The van der Waals surface area contributed by atoms with Gasteiger partial charge < -0.3 is 10.1 Å². The molecule has 0 fully saturated rings. The van der Waals surface area contributed by atoms with Gasteiger partial charge in [0.2, 0.25) is 15.9 Å². The first-order valence-corrected chi connectivity index (χ1v) is 10.4. The summed E-state index contributed by atoms with van der Waals surface area (Å²) < 4.78 is 29.1. The number of unbranched alkanes of at least 4 members (excludes halogenated alkanes) is 1. The van der Waals surface area contributed by atoms with Crippen molar-refractivity contribution in [2.75, 3.05) is 12.4 Å². The van der Waals surface area contributed by atoms with Crippen molar-refractivity contribution in [2.45, 2.75) is 30.6 Å². The van der Waals surface area contributed by atoms with Crippen LogP contribution in [0.5, 0.6) is 5.75 Å². The molecule has 26 heavy (non-hydrogen) atoms. The number of sulfonamides is 1. The SMILES string of the molecule is COc1ccc(S(N)(=O)=O)cc1NC(=O)CCCCc1ccc(Br)cc1. The van der Waals surface area contributed by atoms with Crippen molar-refractivity contribution in [3.63, 3.8) is 0 Å². The van der Waals surface area contributed by atoms with Crippen molar-refractivity contribution in [2.24, 2.45) is 5.14 Å². The normalized spacial score (nSPS) is 11.2. The van der Waals surface area contributed by atoms with Gasteiger partial charge in [-0.15, -0.1) is 0 Å².